The third-order valence-electron chi connectivity index (χ3n) is 4.63. The van der Waals surface area contributed by atoms with Crippen LogP contribution in [-0.2, 0) is 0 Å². The van der Waals surface area contributed by atoms with E-state index in [2.05, 4.69) is 26.3 Å². The molecule has 130 valence electrons. The molecule has 2 N–H and O–H groups in total. The van der Waals surface area contributed by atoms with Crippen molar-refractivity contribution in [1.29, 1.82) is 0 Å². The lowest BCUT2D eigenvalue weighted by molar-refractivity contribution is 0.262. The van der Waals surface area contributed by atoms with Gasteiger partial charge in [-0.05, 0) is 37.1 Å². The number of ether oxygens (including phenoxy) is 1. The first-order chi connectivity index (χ1) is 12.4. The Morgan fingerprint density at radius 2 is 1.96 bits per heavy atom. The molecular formula is C20H24N4O. The minimum atomic E-state index is 0.454. The van der Waals surface area contributed by atoms with Gasteiger partial charge in [-0.15, -0.1) is 0 Å². The molecule has 1 aromatic heterocycles. The van der Waals surface area contributed by atoms with Crippen molar-refractivity contribution in [2.45, 2.75) is 18.9 Å². The second kappa shape index (κ2) is 7.57. The van der Waals surface area contributed by atoms with Crippen LogP contribution in [-0.4, -0.2) is 47.2 Å². The van der Waals surface area contributed by atoms with Crippen LogP contribution < -0.4 is 10.1 Å². The van der Waals surface area contributed by atoms with Gasteiger partial charge in [0.05, 0.1) is 17.6 Å². The summed E-state index contributed by atoms with van der Waals surface area (Å²) < 4.78 is 5.76. The number of para-hydroxylation sites is 3. The van der Waals surface area contributed by atoms with Gasteiger partial charge in [0.2, 0.25) is 5.95 Å². The minimum absolute atomic E-state index is 0.454. The Balaban J connectivity index is 1.20. The van der Waals surface area contributed by atoms with Crippen molar-refractivity contribution < 1.29 is 4.74 Å². The average molecular weight is 336 g/mol. The summed E-state index contributed by atoms with van der Waals surface area (Å²) in [6.45, 7) is 4.03. The third-order valence-corrected chi connectivity index (χ3v) is 4.63. The van der Waals surface area contributed by atoms with Gasteiger partial charge in [-0.25, -0.2) is 4.98 Å². The first-order valence-corrected chi connectivity index (χ1v) is 8.98. The van der Waals surface area contributed by atoms with Gasteiger partial charge in [0.1, 0.15) is 5.75 Å². The highest BCUT2D eigenvalue weighted by Crippen LogP contribution is 2.18. The lowest BCUT2D eigenvalue weighted by Gasteiger charge is -2.16. The van der Waals surface area contributed by atoms with E-state index in [1.54, 1.807) is 0 Å². The number of aromatic amines is 1. The van der Waals surface area contributed by atoms with Crippen LogP contribution >= 0.6 is 0 Å². The second-order valence-electron chi connectivity index (χ2n) is 6.55. The van der Waals surface area contributed by atoms with E-state index in [-0.39, 0.29) is 0 Å². The van der Waals surface area contributed by atoms with Crippen molar-refractivity contribution in [3.63, 3.8) is 0 Å². The van der Waals surface area contributed by atoms with Crippen LogP contribution in [0.1, 0.15) is 12.8 Å². The molecule has 2 heterocycles. The number of nitrogens with zero attached hydrogens (tertiary/aromatic N) is 2. The number of nitrogens with one attached hydrogen (secondary N) is 2. The number of H-pyrrole nitrogens is 1. The summed E-state index contributed by atoms with van der Waals surface area (Å²) in [5.74, 6) is 1.83. The van der Waals surface area contributed by atoms with Crippen molar-refractivity contribution in [2.24, 2.45) is 0 Å². The molecule has 1 fully saturated rings. The Labute approximate surface area is 148 Å². The van der Waals surface area contributed by atoms with E-state index < -0.39 is 0 Å². The Hall–Kier alpha value is -2.53. The molecule has 1 aliphatic heterocycles. The number of benzene rings is 2. The number of hydrogen-bond donors (Lipinski definition) is 2. The highest BCUT2D eigenvalue weighted by molar-refractivity contribution is 5.77. The highest BCUT2D eigenvalue weighted by atomic mass is 16.5. The van der Waals surface area contributed by atoms with Crippen LogP contribution in [0.4, 0.5) is 5.95 Å². The lowest BCUT2D eigenvalue weighted by Crippen LogP contribution is -2.28. The molecule has 25 heavy (non-hydrogen) atoms. The molecule has 3 aromatic rings. The predicted molar refractivity (Wildman–Crippen MR) is 101 cm³/mol. The van der Waals surface area contributed by atoms with Crippen molar-refractivity contribution in [3.8, 4) is 5.75 Å². The van der Waals surface area contributed by atoms with Crippen molar-refractivity contribution in [3.05, 3.63) is 54.6 Å². The molecule has 5 nitrogen and oxygen atoms in total. The fraction of sp³-hybridized carbons (Fsp3) is 0.350. The lowest BCUT2D eigenvalue weighted by atomic mass is 10.3. The molecule has 5 heteroatoms. The number of likely N-dealkylation sites (tertiary alicyclic amines) is 1. The standard InChI is InChI=1S/C20H24N4O/c1-2-7-17(8-3-1)25-14-6-12-24-13-11-16(15-24)21-20-22-18-9-4-5-10-19(18)23-20/h1-5,7-10,16H,6,11-15H2,(H2,21,22,23). The largest absolute Gasteiger partial charge is 0.494 e. The summed E-state index contributed by atoms with van der Waals surface area (Å²) in [6, 6.07) is 18.6. The summed E-state index contributed by atoms with van der Waals surface area (Å²) in [6.07, 6.45) is 2.20. The van der Waals surface area contributed by atoms with Gasteiger partial charge in [-0.2, -0.15) is 0 Å². The molecule has 2 aromatic carbocycles. The normalized spacial score (nSPS) is 17.8. The average Bonchev–Trinajstić information content (AvgIpc) is 3.26. The van der Waals surface area contributed by atoms with Gasteiger partial charge in [0.15, 0.2) is 0 Å². The molecule has 4 rings (SSSR count). The quantitative estimate of drug-likeness (QED) is 0.648. The van der Waals surface area contributed by atoms with Gasteiger partial charge in [0, 0.05) is 25.7 Å². The fourth-order valence-corrected chi connectivity index (χ4v) is 3.36. The molecule has 0 radical (unpaired) electrons. The minimum Gasteiger partial charge on any atom is -0.494 e. The Bertz CT molecular complexity index is 769. The zero-order valence-electron chi connectivity index (χ0n) is 14.3. The van der Waals surface area contributed by atoms with Gasteiger partial charge in [0.25, 0.3) is 0 Å². The number of fused-ring (bicyclic) bond motifs is 1. The van der Waals surface area contributed by atoms with Crippen LogP contribution in [0.2, 0.25) is 0 Å². The maximum atomic E-state index is 5.76. The maximum absolute atomic E-state index is 5.76. The zero-order chi connectivity index (χ0) is 16.9. The SMILES string of the molecule is c1ccc(OCCCN2CCC(Nc3nc4ccccc4[nH]3)C2)cc1. The van der Waals surface area contributed by atoms with Crippen LogP contribution in [0.3, 0.4) is 0 Å². The molecule has 1 saturated heterocycles. The number of imidazole rings is 1. The van der Waals surface area contributed by atoms with Crippen LogP contribution in [0.25, 0.3) is 11.0 Å². The van der Waals surface area contributed by atoms with Crippen LogP contribution in [0.15, 0.2) is 54.6 Å². The summed E-state index contributed by atoms with van der Waals surface area (Å²) in [7, 11) is 0. The van der Waals surface area contributed by atoms with Crippen molar-refractivity contribution in [1.82, 2.24) is 14.9 Å². The van der Waals surface area contributed by atoms with E-state index in [0.29, 0.717) is 6.04 Å². The van der Waals surface area contributed by atoms with E-state index in [1.165, 1.54) is 0 Å². The number of aromatic nitrogens is 2. The monoisotopic (exact) mass is 336 g/mol. The van der Waals surface area contributed by atoms with E-state index in [0.717, 1.165) is 61.8 Å². The molecule has 0 saturated carbocycles. The Morgan fingerprint density at radius 3 is 2.84 bits per heavy atom. The molecule has 1 aliphatic rings. The van der Waals surface area contributed by atoms with Crippen molar-refractivity contribution in [2.75, 3.05) is 31.6 Å². The summed E-state index contributed by atoms with van der Waals surface area (Å²) in [4.78, 5) is 10.4. The topological polar surface area (TPSA) is 53.2 Å². The molecular weight excluding hydrogens is 312 g/mol. The smallest absolute Gasteiger partial charge is 0.201 e. The first-order valence-electron chi connectivity index (χ1n) is 8.98. The predicted octanol–water partition coefficient (Wildman–Crippen LogP) is 3.52. The maximum Gasteiger partial charge on any atom is 0.201 e. The Morgan fingerprint density at radius 1 is 1.12 bits per heavy atom. The Kier molecular flexibility index (Phi) is 4.84. The third kappa shape index (κ3) is 4.12. The molecule has 0 amide bonds. The van der Waals surface area contributed by atoms with E-state index in [1.807, 2.05) is 48.5 Å². The summed E-state index contributed by atoms with van der Waals surface area (Å²) >= 11 is 0. The van der Waals surface area contributed by atoms with Crippen molar-refractivity contribution >= 4 is 17.0 Å². The van der Waals surface area contributed by atoms with Gasteiger partial charge >= 0.3 is 0 Å². The fourth-order valence-electron chi connectivity index (χ4n) is 3.36. The highest BCUT2D eigenvalue weighted by Gasteiger charge is 2.22. The molecule has 0 aliphatic carbocycles. The number of rotatable bonds is 7. The van der Waals surface area contributed by atoms with Crippen LogP contribution in [0.5, 0.6) is 5.75 Å². The van der Waals surface area contributed by atoms with Gasteiger partial charge in [-0.3, -0.25) is 0 Å². The summed E-state index contributed by atoms with van der Waals surface area (Å²) in [5.41, 5.74) is 2.09. The van der Waals surface area contributed by atoms with E-state index >= 15 is 0 Å². The summed E-state index contributed by atoms with van der Waals surface area (Å²) in [5, 5.41) is 3.54. The number of hydrogen-bond acceptors (Lipinski definition) is 4. The second-order valence-corrected chi connectivity index (χ2v) is 6.55. The van der Waals surface area contributed by atoms with E-state index in [4.69, 9.17) is 4.74 Å². The molecule has 1 atom stereocenters. The van der Waals surface area contributed by atoms with Crippen LogP contribution in [0, 0.1) is 0 Å². The van der Waals surface area contributed by atoms with Gasteiger partial charge in [-0.1, -0.05) is 30.3 Å². The first kappa shape index (κ1) is 16.0. The van der Waals surface area contributed by atoms with E-state index in [9.17, 15) is 0 Å². The number of anilines is 1. The molecule has 0 spiro atoms. The molecule has 0 bridgehead atoms. The zero-order valence-corrected chi connectivity index (χ0v) is 14.3. The molecule has 1 unspecified atom stereocenters. The van der Waals surface area contributed by atoms with Gasteiger partial charge < -0.3 is 19.9 Å².